The molecule has 3 heteroatoms. The molecule has 72 valence electrons. The minimum Gasteiger partial charge on any atom is -0.395 e. The number of halogens is 1. The van der Waals surface area contributed by atoms with Crippen molar-refractivity contribution in [2.75, 3.05) is 6.61 Å². The molecule has 2 nitrogen and oxygen atoms in total. The molecule has 0 heterocycles. The summed E-state index contributed by atoms with van der Waals surface area (Å²) in [5.74, 6) is 0. The molecule has 1 rings (SSSR count). The van der Waals surface area contributed by atoms with Gasteiger partial charge in [0.25, 0.3) is 0 Å². The zero-order valence-electron chi connectivity index (χ0n) is 7.63. The monoisotopic (exact) mass is 199 g/mol. The number of nitrogens with two attached hydrogens (primary N) is 1. The van der Waals surface area contributed by atoms with Gasteiger partial charge in [-0.3, -0.25) is 0 Å². The van der Waals surface area contributed by atoms with Crippen molar-refractivity contribution >= 4 is 11.6 Å². The Bertz CT molecular complexity index is 268. The Morgan fingerprint density at radius 2 is 2.23 bits per heavy atom. The van der Waals surface area contributed by atoms with Crippen molar-refractivity contribution in [1.82, 2.24) is 0 Å². The van der Waals surface area contributed by atoms with Gasteiger partial charge in [-0.2, -0.15) is 0 Å². The van der Waals surface area contributed by atoms with Crippen LogP contribution in [-0.2, 0) is 6.42 Å². The normalized spacial score (nSPS) is 12.9. The zero-order valence-corrected chi connectivity index (χ0v) is 8.38. The molecule has 0 aliphatic carbocycles. The first-order valence-electron chi connectivity index (χ1n) is 4.25. The number of benzene rings is 1. The fourth-order valence-electron chi connectivity index (χ4n) is 1.25. The van der Waals surface area contributed by atoms with E-state index < -0.39 is 0 Å². The largest absolute Gasteiger partial charge is 0.395 e. The highest BCUT2D eigenvalue weighted by Crippen LogP contribution is 2.20. The maximum Gasteiger partial charge on any atom is 0.0585 e. The van der Waals surface area contributed by atoms with Gasteiger partial charge in [-0.15, -0.1) is 0 Å². The zero-order chi connectivity index (χ0) is 9.84. The Hall–Kier alpha value is -0.570. The van der Waals surface area contributed by atoms with E-state index in [0.29, 0.717) is 6.42 Å². The van der Waals surface area contributed by atoms with Crippen LogP contribution in [-0.4, -0.2) is 17.8 Å². The lowest BCUT2D eigenvalue weighted by atomic mass is 10.0. The van der Waals surface area contributed by atoms with E-state index in [9.17, 15) is 0 Å². The number of aryl methyl sites for hydroxylation is 1. The van der Waals surface area contributed by atoms with E-state index in [1.165, 1.54) is 0 Å². The van der Waals surface area contributed by atoms with Gasteiger partial charge >= 0.3 is 0 Å². The fourth-order valence-corrected chi connectivity index (χ4v) is 1.55. The minimum atomic E-state index is -0.224. The van der Waals surface area contributed by atoms with Crippen LogP contribution in [0.1, 0.15) is 11.1 Å². The second kappa shape index (κ2) is 4.61. The molecule has 1 aromatic carbocycles. The summed E-state index contributed by atoms with van der Waals surface area (Å²) in [5, 5.41) is 9.54. The van der Waals surface area contributed by atoms with Gasteiger partial charge in [-0.1, -0.05) is 23.7 Å². The molecule has 0 bridgehead atoms. The third kappa shape index (κ3) is 2.69. The van der Waals surface area contributed by atoms with Crippen LogP contribution in [0.15, 0.2) is 18.2 Å². The van der Waals surface area contributed by atoms with Crippen LogP contribution in [0, 0.1) is 6.92 Å². The molecule has 0 fully saturated rings. The van der Waals surface area contributed by atoms with Gasteiger partial charge in [0.1, 0.15) is 0 Å². The molecule has 0 aromatic heterocycles. The number of rotatable bonds is 3. The summed E-state index contributed by atoms with van der Waals surface area (Å²) >= 11 is 5.99. The van der Waals surface area contributed by atoms with E-state index in [1.54, 1.807) is 0 Å². The maximum atomic E-state index is 8.81. The van der Waals surface area contributed by atoms with E-state index >= 15 is 0 Å². The number of hydrogen-bond donors (Lipinski definition) is 2. The highest BCUT2D eigenvalue weighted by atomic mass is 35.5. The van der Waals surface area contributed by atoms with Crippen LogP contribution >= 0.6 is 11.6 Å². The number of aliphatic hydroxyl groups is 1. The smallest absolute Gasteiger partial charge is 0.0585 e. The molecule has 0 radical (unpaired) electrons. The lowest BCUT2D eigenvalue weighted by Crippen LogP contribution is -2.27. The van der Waals surface area contributed by atoms with E-state index in [2.05, 4.69) is 0 Å². The van der Waals surface area contributed by atoms with Crippen LogP contribution in [0.5, 0.6) is 0 Å². The van der Waals surface area contributed by atoms with E-state index in [-0.39, 0.29) is 12.6 Å². The van der Waals surface area contributed by atoms with Gasteiger partial charge in [-0.25, -0.2) is 0 Å². The number of hydrogen-bond acceptors (Lipinski definition) is 2. The SMILES string of the molecule is Cc1cccc(Cl)c1CC(N)CO. The topological polar surface area (TPSA) is 46.2 Å². The van der Waals surface area contributed by atoms with E-state index in [1.807, 2.05) is 25.1 Å². The second-order valence-electron chi connectivity index (χ2n) is 3.18. The van der Waals surface area contributed by atoms with Crippen LogP contribution in [0.25, 0.3) is 0 Å². The van der Waals surface area contributed by atoms with Gasteiger partial charge in [0.2, 0.25) is 0 Å². The van der Waals surface area contributed by atoms with E-state index in [4.69, 9.17) is 22.4 Å². The van der Waals surface area contributed by atoms with Crippen molar-refractivity contribution < 1.29 is 5.11 Å². The van der Waals surface area contributed by atoms with Crippen molar-refractivity contribution in [3.05, 3.63) is 34.3 Å². The standard InChI is InChI=1S/C10H14ClNO/c1-7-3-2-4-10(11)9(7)5-8(12)6-13/h2-4,8,13H,5-6,12H2,1H3. The molecule has 0 aliphatic heterocycles. The fraction of sp³-hybridized carbons (Fsp3) is 0.400. The Labute approximate surface area is 83.3 Å². The molecule has 3 N–H and O–H groups in total. The third-order valence-electron chi connectivity index (χ3n) is 2.05. The molecule has 1 atom stereocenters. The quantitative estimate of drug-likeness (QED) is 0.776. The average molecular weight is 200 g/mol. The number of aliphatic hydroxyl groups excluding tert-OH is 1. The van der Waals surface area contributed by atoms with Gasteiger partial charge in [0.15, 0.2) is 0 Å². The Balaban J connectivity index is 2.87. The van der Waals surface area contributed by atoms with Gasteiger partial charge in [0, 0.05) is 11.1 Å². The maximum absolute atomic E-state index is 8.81. The molecule has 0 aliphatic rings. The predicted octanol–water partition coefficient (Wildman–Crippen LogP) is 1.51. The lowest BCUT2D eigenvalue weighted by Gasteiger charge is -2.11. The van der Waals surface area contributed by atoms with E-state index in [0.717, 1.165) is 16.1 Å². The predicted molar refractivity (Wildman–Crippen MR) is 55.0 cm³/mol. The Kier molecular flexibility index (Phi) is 3.72. The van der Waals surface area contributed by atoms with Crippen LogP contribution in [0.2, 0.25) is 5.02 Å². The molecule has 1 aromatic rings. The summed E-state index contributed by atoms with van der Waals surface area (Å²) in [6.07, 6.45) is 0.627. The van der Waals surface area contributed by atoms with Crippen molar-refractivity contribution in [2.24, 2.45) is 5.73 Å². The van der Waals surface area contributed by atoms with Gasteiger partial charge in [-0.05, 0) is 30.5 Å². The molecule has 13 heavy (non-hydrogen) atoms. The molecular weight excluding hydrogens is 186 g/mol. The van der Waals surface area contributed by atoms with Crippen LogP contribution in [0.4, 0.5) is 0 Å². The lowest BCUT2D eigenvalue weighted by molar-refractivity contribution is 0.265. The first-order chi connectivity index (χ1) is 6.15. The molecule has 0 amide bonds. The Morgan fingerprint density at radius 3 is 2.77 bits per heavy atom. The highest BCUT2D eigenvalue weighted by Gasteiger charge is 2.08. The third-order valence-corrected chi connectivity index (χ3v) is 2.41. The average Bonchev–Trinajstić information content (AvgIpc) is 2.11. The van der Waals surface area contributed by atoms with Crippen molar-refractivity contribution in [1.29, 1.82) is 0 Å². The highest BCUT2D eigenvalue weighted by molar-refractivity contribution is 6.31. The van der Waals surface area contributed by atoms with Crippen molar-refractivity contribution in [3.8, 4) is 0 Å². The summed E-state index contributed by atoms with van der Waals surface area (Å²) in [6, 6.07) is 5.52. The molecule has 0 saturated carbocycles. The van der Waals surface area contributed by atoms with Crippen molar-refractivity contribution in [2.45, 2.75) is 19.4 Å². The molecule has 0 spiro atoms. The van der Waals surface area contributed by atoms with Crippen molar-refractivity contribution in [3.63, 3.8) is 0 Å². The summed E-state index contributed by atoms with van der Waals surface area (Å²) in [5.41, 5.74) is 7.79. The molecule has 1 unspecified atom stereocenters. The molecule has 0 saturated heterocycles. The summed E-state index contributed by atoms with van der Waals surface area (Å²) in [4.78, 5) is 0. The minimum absolute atomic E-state index is 0.00926. The summed E-state index contributed by atoms with van der Waals surface area (Å²) in [6.45, 7) is 1.98. The van der Waals surface area contributed by atoms with Gasteiger partial charge < -0.3 is 10.8 Å². The van der Waals surface area contributed by atoms with Crippen LogP contribution in [0.3, 0.4) is 0 Å². The first-order valence-corrected chi connectivity index (χ1v) is 4.63. The van der Waals surface area contributed by atoms with Gasteiger partial charge in [0.05, 0.1) is 6.61 Å². The second-order valence-corrected chi connectivity index (χ2v) is 3.59. The van der Waals surface area contributed by atoms with Crippen LogP contribution < -0.4 is 5.73 Å². The first kappa shape index (κ1) is 10.5. The Morgan fingerprint density at radius 1 is 1.54 bits per heavy atom. The summed E-state index contributed by atoms with van der Waals surface area (Å²) < 4.78 is 0. The molecular formula is C10H14ClNO. The summed E-state index contributed by atoms with van der Waals surface area (Å²) in [7, 11) is 0.